The molecular formula is C17H23ClF3NO3S. The molecule has 0 bridgehead atoms. The van der Waals surface area contributed by atoms with Gasteiger partial charge in [0.25, 0.3) is 0 Å². The number of likely N-dealkylation sites (tertiary alicyclic amines) is 1. The Morgan fingerprint density at radius 1 is 1.27 bits per heavy atom. The van der Waals surface area contributed by atoms with Crippen LogP contribution in [0.1, 0.15) is 34.1 Å². The molecule has 1 fully saturated rings. The maximum Gasteiger partial charge on any atom is 0.422 e. The van der Waals surface area contributed by atoms with Gasteiger partial charge in [-0.15, -0.1) is 0 Å². The fourth-order valence-electron chi connectivity index (χ4n) is 3.29. The molecule has 2 rings (SSSR count). The first-order valence-corrected chi connectivity index (χ1v) is 10.1. The van der Waals surface area contributed by atoms with Crippen LogP contribution < -0.4 is 4.74 Å². The normalized spacial score (nSPS) is 22.6. The molecule has 26 heavy (non-hydrogen) atoms. The standard InChI is InChI=1S/C17H23ClF3NO3S/c1-11-7-13(9-22(11)16(2,3)4)26(23,24)15-6-5-12(8-14(15)18)25-10-17(19,20)21/h5-6,8,11,13H,7,9-10H2,1-4H3/t11-,13+/m0/s1. The minimum Gasteiger partial charge on any atom is -0.484 e. The molecule has 0 aliphatic carbocycles. The van der Waals surface area contributed by atoms with Crippen molar-refractivity contribution in [2.45, 2.75) is 62.0 Å². The predicted octanol–water partition coefficient (Wildman–Crippen LogP) is 4.32. The molecule has 1 heterocycles. The minimum atomic E-state index is -4.48. The van der Waals surface area contributed by atoms with Crippen molar-refractivity contribution in [1.82, 2.24) is 4.90 Å². The minimum absolute atomic E-state index is 0.0773. The van der Waals surface area contributed by atoms with Crippen molar-refractivity contribution in [2.24, 2.45) is 0 Å². The van der Waals surface area contributed by atoms with Crippen molar-refractivity contribution < 1.29 is 26.3 Å². The van der Waals surface area contributed by atoms with Crippen molar-refractivity contribution in [1.29, 1.82) is 0 Å². The van der Waals surface area contributed by atoms with Crippen LogP contribution in [-0.2, 0) is 9.84 Å². The second-order valence-electron chi connectivity index (χ2n) is 7.57. The summed E-state index contributed by atoms with van der Waals surface area (Å²) in [4.78, 5) is 2.05. The molecule has 1 aromatic carbocycles. The Morgan fingerprint density at radius 2 is 1.88 bits per heavy atom. The van der Waals surface area contributed by atoms with Gasteiger partial charge in [-0.1, -0.05) is 11.6 Å². The number of hydrogen-bond donors (Lipinski definition) is 0. The van der Waals surface area contributed by atoms with Crippen molar-refractivity contribution >= 4 is 21.4 Å². The van der Waals surface area contributed by atoms with Crippen molar-refractivity contribution in [3.63, 3.8) is 0 Å². The molecule has 4 nitrogen and oxygen atoms in total. The Morgan fingerprint density at radius 3 is 2.35 bits per heavy atom. The maximum absolute atomic E-state index is 13.0. The molecule has 0 aromatic heterocycles. The summed E-state index contributed by atoms with van der Waals surface area (Å²) in [6.45, 7) is 6.98. The Bertz CT molecular complexity index is 759. The molecule has 0 amide bonds. The fourth-order valence-corrected chi connectivity index (χ4v) is 5.62. The number of alkyl halides is 3. The van der Waals surface area contributed by atoms with Gasteiger partial charge in [-0.05, 0) is 46.2 Å². The zero-order valence-corrected chi connectivity index (χ0v) is 16.7. The van der Waals surface area contributed by atoms with Gasteiger partial charge in [0.2, 0.25) is 0 Å². The van der Waals surface area contributed by atoms with E-state index in [0.29, 0.717) is 13.0 Å². The lowest BCUT2D eigenvalue weighted by Gasteiger charge is -2.35. The van der Waals surface area contributed by atoms with Crippen LogP contribution in [0.2, 0.25) is 5.02 Å². The van der Waals surface area contributed by atoms with Crippen molar-refractivity contribution in [3.8, 4) is 5.75 Å². The van der Waals surface area contributed by atoms with Crippen LogP contribution in [0, 0.1) is 0 Å². The van der Waals surface area contributed by atoms with Gasteiger partial charge in [-0.2, -0.15) is 13.2 Å². The second-order valence-corrected chi connectivity index (χ2v) is 10.2. The lowest BCUT2D eigenvalue weighted by molar-refractivity contribution is -0.153. The average molecular weight is 414 g/mol. The lowest BCUT2D eigenvalue weighted by atomic mass is 10.1. The number of benzene rings is 1. The van der Waals surface area contributed by atoms with E-state index in [2.05, 4.69) is 9.64 Å². The first-order chi connectivity index (χ1) is 11.7. The summed E-state index contributed by atoms with van der Waals surface area (Å²) in [6, 6.07) is 3.63. The van der Waals surface area contributed by atoms with Crippen LogP contribution in [-0.4, -0.2) is 49.5 Å². The van der Waals surface area contributed by atoms with E-state index < -0.39 is 27.9 Å². The second kappa shape index (κ2) is 7.20. The van der Waals surface area contributed by atoms with E-state index in [0.717, 1.165) is 6.07 Å². The number of rotatable bonds is 4. The molecule has 148 valence electrons. The van der Waals surface area contributed by atoms with Crippen molar-refractivity contribution in [3.05, 3.63) is 23.2 Å². The summed E-state index contributed by atoms with van der Waals surface area (Å²) in [5, 5.41) is -0.747. The molecule has 0 N–H and O–H groups in total. The number of nitrogens with zero attached hydrogens (tertiary/aromatic N) is 1. The molecule has 0 radical (unpaired) electrons. The Balaban J connectivity index is 2.22. The maximum atomic E-state index is 13.0. The van der Waals surface area contributed by atoms with Gasteiger partial charge in [-0.3, -0.25) is 4.90 Å². The van der Waals surface area contributed by atoms with Gasteiger partial charge in [0, 0.05) is 24.2 Å². The summed E-state index contributed by atoms with van der Waals surface area (Å²) in [7, 11) is -3.71. The number of ether oxygens (including phenoxy) is 1. The molecule has 1 saturated heterocycles. The molecule has 0 unspecified atom stereocenters. The highest BCUT2D eigenvalue weighted by atomic mass is 35.5. The van der Waals surface area contributed by atoms with Crippen LogP contribution in [0.3, 0.4) is 0 Å². The van der Waals surface area contributed by atoms with E-state index in [1.807, 2.05) is 27.7 Å². The number of halogens is 4. The smallest absolute Gasteiger partial charge is 0.422 e. The molecule has 2 atom stereocenters. The van der Waals surface area contributed by atoms with E-state index in [1.165, 1.54) is 12.1 Å². The van der Waals surface area contributed by atoms with Gasteiger partial charge in [0.1, 0.15) is 5.75 Å². The van der Waals surface area contributed by atoms with Crippen LogP contribution in [0.5, 0.6) is 5.75 Å². The van der Waals surface area contributed by atoms with E-state index in [1.54, 1.807) is 0 Å². The third kappa shape index (κ3) is 4.84. The Hall–Kier alpha value is -0.990. The third-order valence-corrected chi connectivity index (χ3v) is 7.06. The molecular weight excluding hydrogens is 391 g/mol. The summed E-state index contributed by atoms with van der Waals surface area (Å²) >= 11 is 6.05. The van der Waals surface area contributed by atoms with E-state index >= 15 is 0 Å². The number of hydrogen-bond acceptors (Lipinski definition) is 4. The first-order valence-electron chi connectivity index (χ1n) is 8.21. The first kappa shape index (κ1) is 21.3. The highest BCUT2D eigenvalue weighted by Gasteiger charge is 2.42. The largest absolute Gasteiger partial charge is 0.484 e. The third-order valence-electron chi connectivity index (χ3n) is 4.45. The molecule has 0 saturated carbocycles. The topological polar surface area (TPSA) is 46.6 Å². The van der Waals surface area contributed by atoms with E-state index in [4.69, 9.17) is 11.6 Å². The Labute approximate surface area is 157 Å². The summed E-state index contributed by atoms with van der Waals surface area (Å²) in [6.07, 6.45) is -4.00. The highest BCUT2D eigenvalue weighted by Crippen LogP contribution is 2.36. The zero-order valence-electron chi connectivity index (χ0n) is 15.1. The molecule has 1 aromatic rings. The SMILES string of the molecule is C[C@H]1C[C@@H](S(=O)(=O)c2ccc(OCC(F)(F)F)cc2Cl)CN1C(C)(C)C. The van der Waals surface area contributed by atoms with Crippen LogP contribution >= 0.6 is 11.6 Å². The van der Waals surface area contributed by atoms with Crippen molar-refractivity contribution in [2.75, 3.05) is 13.2 Å². The fraction of sp³-hybridized carbons (Fsp3) is 0.647. The number of sulfone groups is 1. The monoisotopic (exact) mass is 413 g/mol. The van der Waals surface area contributed by atoms with E-state index in [-0.39, 0.29) is 27.2 Å². The summed E-state index contributed by atoms with van der Waals surface area (Å²) < 4.78 is 67.2. The van der Waals surface area contributed by atoms with Gasteiger partial charge < -0.3 is 4.74 Å². The average Bonchev–Trinajstić information content (AvgIpc) is 2.87. The summed E-state index contributed by atoms with van der Waals surface area (Å²) in [5.41, 5.74) is -0.164. The van der Waals surface area contributed by atoms with Gasteiger partial charge in [-0.25, -0.2) is 8.42 Å². The molecule has 1 aliphatic heterocycles. The van der Waals surface area contributed by atoms with Crippen LogP contribution in [0.25, 0.3) is 0 Å². The zero-order chi connectivity index (χ0) is 19.9. The van der Waals surface area contributed by atoms with Gasteiger partial charge in [0.05, 0.1) is 15.2 Å². The molecule has 1 aliphatic rings. The predicted molar refractivity (Wildman–Crippen MR) is 94.5 cm³/mol. The molecule has 9 heteroatoms. The lowest BCUT2D eigenvalue weighted by Crippen LogP contribution is -2.44. The highest BCUT2D eigenvalue weighted by molar-refractivity contribution is 7.92. The quantitative estimate of drug-likeness (QED) is 0.737. The van der Waals surface area contributed by atoms with E-state index in [9.17, 15) is 21.6 Å². The van der Waals surface area contributed by atoms with Crippen LogP contribution in [0.4, 0.5) is 13.2 Å². The van der Waals surface area contributed by atoms with Gasteiger partial charge >= 0.3 is 6.18 Å². The van der Waals surface area contributed by atoms with Crippen LogP contribution in [0.15, 0.2) is 23.1 Å². The molecule has 0 spiro atoms. The summed E-state index contributed by atoms with van der Waals surface area (Å²) in [5.74, 6) is -0.123. The van der Waals surface area contributed by atoms with Gasteiger partial charge in [0.15, 0.2) is 16.4 Å². The Kier molecular flexibility index (Phi) is 5.90.